The number of hydrogen-bond donors (Lipinski definition) is 0. The van der Waals surface area contributed by atoms with Crippen molar-refractivity contribution < 1.29 is 9.13 Å². The van der Waals surface area contributed by atoms with E-state index in [9.17, 15) is 4.39 Å². The van der Waals surface area contributed by atoms with Crippen LogP contribution in [0.5, 0.6) is 5.88 Å². The highest BCUT2D eigenvalue weighted by atomic mass is 127. The van der Waals surface area contributed by atoms with Gasteiger partial charge in [0, 0.05) is 6.07 Å². The molecule has 0 unspecified atom stereocenters. The fourth-order valence-corrected chi connectivity index (χ4v) is 2.57. The highest BCUT2D eigenvalue weighted by molar-refractivity contribution is 14.1. The molecule has 2 aromatic carbocycles. The van der Waals surface area contributed by atoms with Crippen molar-refractivity contribution in [1.29, 1.82) is 0 Å². The topological polar surface area (TPSA) is 27.1 Å². The molecular weight excluding hydrogens is 382 g/mol. The molecule has 5 heteroatoms. The van der Waals surface area contributed by atoms with E-state index in [1.807, 2.05) is 30.3 Å². The minimum atomic E-state index is -0.312. The van der Waals surface area contributed by atoms with Crippen LogP contribution in [0, 0.1) is 9.52 Å². The first-order chi connectivity index (χ1) is 10.2. The molecule has 0 fully saturated rings. The fraction of sp³-hybridized carbons (Fsp3) is 0.0625. The molecule has 0 radical (unpaired) electrons. The second kappa shape index (κ2) is 6.26. The Kier molecular flexibility index (Phi) is 4.19. The first-order valence-corrected chi connectivity index (χ1v) is 7.49. The molecule has 0 amide bonds. The van der Waals surface area contributed by atoms with Crippen LogP contribution in [0.2, 0.25) is 0 Å². The van der Waals surface area contributed by atoms with Crippen LogP contribution in [-0.4, -0.2) is 9.78 Å². The van der Waals surface area contributed by atoms with Crippen molar-refractivity contribution in [3.63, 3.8) is 0 Å². The molecule has 1 aromatic heterocycles. The summed E-state index contributed by atoms with van der Waals surface area (Å²) in [5, 5.41) is 4.30. The Bertz CT molecular complexity index is 743. The molecule has 0 atom stereocenters. The highest BCUT2D eigenvalue weighted by Gasteiger charge is 2.11. The Hall–Kier alpha value is -1.89. The summed E-state index contributed by atoms with van der Waals surface area (Å²) < 4.78 is 21.8. The van der Waals surface area contributed by atoms with Crippen LogP contribution in [0.3, 0.4) is 0 Å². The van der Waals surface area contributed by atoms with Gasteiger partial charge in [-0.3, -0.25) is 0 Å². The molecule has 0 bridgehead atoms. The van der Waals surface area contributed by atoms with Gasteiger partial charge in [0.1, 0.15) is 21.8 Å². The van der Waals surface area contributed by atoms with Gasteiger partial charge < -0.3 is 4.74 Å². The monoisotopic (exact) mass is 394 g/mol. The Morgan fingerprint density at radius 3 is 2.52 bits per heavy atom. The minimum Gasteiger partial charge on any atom is -0.472 e. The van der Waals surface area contributed by atoms with E-state index < -0.39 is 0 Å². The van der Waals surface area contributed by atoms with Gasteiger partial charge in [0.15, 0.2) is 0 Å². The number of rotatable bonds is 4. The second-order valence-corrected chi connectivity index (χ2v) is 5.55. The summed E-state index contributed by atoms with van der Waals surface area (Å²) in [5.74, 6) is 0.166. The summed E-state index contributed by atoms with van der Waals surface area (Å²) in [7, 11) is 0. The fourth-order valence-electron chi connectivity index (χ4n) is 1.93. The average molecular weight is 394 g/mol. The maximum absolute atomic E-state index is 13.8. The van der Waals surface area contributed by atoms with E-state index in [0.717, 1.165) is 9.26 Å². The van der Waals surface area contributed by atoms with Crippen molar-refractivity contribution in [3.8, 4) is 11.6 Å². The van der Waals surface area contributed by atoms with Crippen LogP contribution in [0.25, 0.3) is 5.69 Å². The smallest absolute Gasteiger partial charge is 0.234 e. The molecule has 3 aromatic rings. The van der Waals surface area contributed by atoms with Gasteiger partial charge in [-0.05, 0) is 40.3 Å². The minimum absolute atomic E-state index is 0.312. The van der Waals surface area contributed by atoms with Gasteiger partial charge >= 0.3 is 0 Å². The standard InChI is InChI=1S/C16H12FIN2O/c17-13-8-4-5-9-14(13)20-15(18)10-16(19-20)21-11-12-6-2-1-3-7-12/h1-10H,11H2. The lowest BCUT2D eigenvalue weighted by atomic mass is 10.2. The number of nitrogens with zero attached hydrogens (tertiary/aromatic N) is 2. The molecule has 1 heterocycles. The van der Waals surface area contributed by atoms with E-state index in [0.29, 0.717) is 18.2 Å². The maximum Gasteiger partial charge on any atom is 0.234 e. The third-order valence-corrected chi connectivity index (χ3v) is 3.72. The van der Waals surface area contributed by atoms with E-state index in [4.69, 9.17) is 4.74 Å². The van der Waals surface area contributed by atoms with Gasteiger partial charge in [-0.25, -0.2) is 9.07 Å². The largest absolute Gasteiger partial charge is 0.472 e. The molecule has 0 aliphatic rings. The van der Waals surface area contributed by atoms with Crippen molar-refractivity contribution in [3.05, 3.63) is 75.7 Å². The number of benzene rings is 2. The van der Waals surface area contributed by atoms with E-state index in [1.165, 1.54) is 10.7 Å². The van der Waals surface area contributed by atoms with E-state index in [2.05, 4.69) is 27.7 Å². The summed E-state index contributed by atoms with van der Waals surface area (Å²) in [6.07, 6.45) is 0. The van der Waals surface area contributed by atoms with Crippen LogP contribution in [0.1, 0.15) is 5.56 Å². The lowest BCUT2D eigenvalue weighted by Crippen LogP contribution is -2.02. The first kappa shape index (κ1) is 14.1. The number of ether oxygens (including phenoxy) is 1. The van der Waals surface area contributed by atoms with Crippen LogP contribution >= 0.6 is 22.6 Å². The molecule has 0 aliphatic heterocycles. The summed E-state index contributed by atoms with van der Waals surface area (Å²) >= 11 is 2.11. The van der Waals surface area contributed by atoms with Crippen molar-refractivity contribution in [2.24, 2.45) is 0 Å². The van der Waals surface area contributed by atoms with Crippen LogP contribution in [0.15, 0.2) is 60.7 Å². The van der Waals surface area contributed by atoms with Gasteiger partial charge in [-0.15, -0.1) is 5.10 Å². The van der Waals surface area contributed by atoms with Gasteiger partial charge in [-0.1, -0.05) is 42.5 Å². The number of hydrogen-bond acceptors (Lipinski definition) is 2. The number of aromatic nitrogens is 2. The second-order valence-electron chi connectivity index (χ2n) is 4.44. The molecule has 21 heavy (non-hydrogen) atoms. The molecule has 3 nitrogen and oxygen atoms in total. The molecule has 106 valence electrons. The van der Waals surface area contributed by atoms with Gasteiger partial charge in [-0.2, -0.15) is 0 Å². The summed E-state index contributed by atoms with van der Waals surface area (Å²) in [6.45, 7) is 0.436. The van der Waals surface area contributed by atoms with Gasteiger partial charge in [0.2, 0.25) is 5.88 Å². The summed E-state index contributed by atoms with van der Waals surface area (Å²) in [6, 6.07) is 18.2. The van der Waals surface area contributed by atoms with Crippen molar-refractivity contribution in [2.45, 2.75) is 6.61 Å². The third-order valence-electron chi connectivity index (χ3n) is 2.95. The number of halogens is 2. The zero-order chi connectivity index (χ0) is 14.7. The normalized spacial score (nSPS) is 10.6. The van der Waals surface area contributed by atoms with Gasteiger partial charge in [0.05, 0.1) is 0 Å². The molecule has 0 saturated carbocycles. The van der Waals surface area contributed by atoms with Gasteiger partial charge in [0.25, 0.3) is 0 Å². The van der Waals surface area contributed by atoms with Crippen LogP contribution in [-0.2, 0) is 6.61 Å². The zero-order valence-corrected chi connectivity index (χ0v) is 13.2. The van der Waals surface area contributed by atoms with E-state index in [-0.39, 0.29) is 5.82 Å². The SMILES string of the molecule is Fc1ccccc1-n1nc(OCc2ccccc2)cc1I. The van der Waals surface area contributed by atoms with Crippen molar-refractivity contribution in [2.75, 3.05) is 0 Å². The van der Waals surface area contributed by atoms with Crippen LogP contribution < -0.4 is 4.74 Å². The Morgan fingerprint density at radius 2 is 1.76 bits per heavy atom. The third kappa shape index (κ3) is 3.24. The predicted octanol–water partition coefficient (Wildman–Crippen LogP) is 4.20. The maximum atomic E-state index is 13.8. The Labute approximate surface area is 135 Å². The van der Waals surface area contributed by atoms with Crippen molar-refractivity contribution in [1.82, 2.24) is 9.78 Å². The molecule has 0 saturated heterocycles. The van der Waals surface area contributed by atoms with E-state index in [1.54, 1.807) is 24.3 Å². The molecule has 0 spiro atoms. The molecular formula is C16H12FIN2O. The first-order valence-electron chi connectivity index (χ1n) is 6.41. The highest BCUT2D eigenvalue weighted by Crippen LogP contribution is 2.21. The summed E-state index contributed by atoms with van der Waals surface area (Å²) in [4.78, 5) is 0. The summed E-state index contributed by atoms with van der Waals surface area (Å²) in [5.41, 5.74) is 1.48. The Balaban J connectivity index is 1.80. The molecule has 0 N–H and O–H groups in total. The quantitative estimate of drug-likeness (QED) is 0.621. The Morgan fingerprint density at radius 1 is 1.05 bits per heavy atom. The molecule has 0 aliphatic carbocycles. The van der Waals surface area contributed by atoms with Crippen LogP contribution in [0.4, 0.5) is 4.39 Å². The predicted molar refractivity (Wildman–Crippen MR) is 87.0 cm³/mol. The van der Waals surface area contributed by atoms with Crippen molar-refractivity contribution >= 4 is 22.6 Å². The zero-order valence-electron chi connectivity index (χ0n) is 11.0. The lowest BCUT2D eigenvalue weighted by Gasteiger charge is -2.04. The van der Waals surface area contributed by atoms with E-state index >= 15 is 0 Å². The lowest BCUT2D eigenvalue weighted by molar-refractivity contribution is 0.292. The molecule has 3 rings (SSSR count). The average Bonchev–Trinajstić information content (AvgIpc) is 2.88. The number of para-hydroxylation sites is 1.